The van der Waals surface area contributed by atoms with Crippen molar-refractivity contribution < 1.29 is 18.5 Å². The van der Waals surface area contributed by atoms with Crippen molar-refractivity contribution in [1.29, 1.82) is 0 Å². The second kappa shape index (κ2) is 9.64. The van der Waals surface area contributed by atoms with Gasteiger partial charge < -0.3 is 20.5 Å². The Bertz CT molecular complexity index is 917. The average Bonchev–Trinajstić information content (AvgIpc) is 3.16. The van der Waals surface area contributed by atoms with E-state index in [2.05, 4.69) is 20.3 Å². The van der Waals surface area contributed by atoms with Gasteiger partial charge in [0.05, 0.1) is 5.39 Å². The summed E-state index contributed by atoms with van der Waals surface area (Å²) >= 11 is 0. The average molecular weight is 432 g/mol. The number of halogens is 1. The highest BCUT2D eigenvalue weighted by Crippen LogP contribution is 2.29. The summed E-state index contributed by atoms with van der Waals surface area (Å²) < 4.78 is 18.9. The second-order valence-electron chi connectivity index (χ2n) is 8.69. The fourth-order valence-electron chi connectivity index (χ4n) is 4.71. The van der Waals surface area contributed by atoms with E-state index in [0.29, 0.717) is 11.5 Å². The van der Waals surface area contributed by atoms with E-state index in [9.17, 15) is 14.0 Å². The van der Waals surface area contributed by atoms with Crippen LogP contribution >= 0.6 is 0 Å². The highest BCUT2D eigenvalue weighted by molar-refractivity contribution is 5.96. The summed E-state index contributed by atoms with van der Waals surface area (Å²) in [6.45, 7) is 4.64. The lowest BCUT2D eigenvalue weighted by Gasteiger charge is -2.36. The first-order valence-corrected chi connectivity index (χ1v) is 11.1. The first-order chi connectivity index (χ1) is 15.0. The molecule has 2 amide bonds. The Hall–Kier alpha value is -2.68. The summed E-state index contributed by atoms with van der Waals surface area (Å²) in [7, 11) is 0. The van der Waals surface area contributed by atoms with Crippen LogP contribution < -0.4 is 16.0 Å². The molecule has 2 aromatic rings. The van der Waals surface area contributed by atoms with Gasteiger partial charge in [0.1, 0.15) is 12.2 Å². The van der Waals surface area contributed by atoms with Gasteiger partial charge >= 0.3 is 0 Å². The number of carbonyl (C=O) groups excluding carboxylic acids is 2. The molecule has 1 saturated heterocycles. The molecule has 31 heavy (non-hydrogen) atoms. The Labute approximate surface area is 180 Å². The minimum atomic E-state index is -0.588. The van der Waals surface area contributed by atoms with E-state index in [1.54, 1.807) is 6.07 Å². The van der Waals surface area contributed by atoms with Crippen LogP contribution in [0.1, 0.15) is 38.5 Å². The largest absolute Gasteiger partial charge is 0.369 e. The number of amides is 2. The van der Waals surface area contributed by atoms with Gasteiger partial charge in [-0.1, -0.05) is 5.16 Å². The van der Waals surface area contributed by atoms with Crippen LogP contribution in [0.25, 0.3) is 11.0 Å². The molecule has 0 unspecified atom stereocenters. The summed E-state index contributed by atoms with van der Waals surface area (Å²) in [5, 5.41) is 7.81. The standard InChI is InChI=1S/C22H30FN5O3/c23-16-3-6-19-18(13-16)22(26-31-19)28-11-9-27(10-12-28)8-7-15-1-4-17(5-2-15)25-21(30)14-20(24)29/h3,6,13,15,17H,1-2,4-5,7-12,14H2,(H2,24,29)(H,25,30)/t15-,17-. The predicted octanol–water partition coefficient (Wildman–Crippen LogP) is 2.03. The SMILES string of the molecule is NC(=O)CC(=O)N[C@H]1CC[C@H](CCN2CCN(c3noc4ccc(F)cc34)CC2)CC1. The molecule has 2 fully saturated rings. The van der Waals surface area contributed by atoms with Crippen molar-refractivity contribution in [2.75, 3.05) is 37.6 Å². The number of hydrogen-bond acceptors (Lipinski definition) is 6. The summed E-state index contributed by atoms with van der Waals surface area (Å²) in [4.78, 5) is 27.2. The number of fused-ring (bicyclic) bond motifs is 1. The molecule has 4 rings (SSSR count). The maximum absolute atomic E-state index is 13.6. The third kappa shape index (κ3) is 5.52. The van der Waals surface area contributed by atoms with Crippen molar-refractivity contribution in [3.05, 3.63) is 24.0 Å². The van der Waals surface area contributed by atoms with Crippen LogP contribution in [0.3, 0.4) is 0 Å². The molecular weight excluding hydrogens is 401 g/mol. The Morgan fingerprint density at radius 2 is 1.90 bits per heavy atom. The number of primary amides is 1. The molecule has 1 aliphatic carbocycles. The summed E-state index contributed by atoms with van der Waals surface area (Å²) in [5.41, 5.74) is 5.68. The highest BCUT2D eigenvalue weighted by atomic mass is 19.1. The van der Waals surface area contributed by atoms with Gasteiger partial charge in [0.2, 0.25) is 11.8 Å². The number of nitrogens with zero attached hydrogens (tertiary/aromatic N) is 3. The molecule has 0 bridgehead atoms. The number of rotatable bonds is 7. The lowest BCUT2D eigenvalue weighted by Crippen LogP contribution is -2.47. The first-order valence-electron chi connectivity index (χ1n) is 11.1. The van der Waals surface area contributed by atoms with Gasteiger partial charge in [-0.15, -0.1) is 0 Å². The number of aromatic nitrogens is 1. The fourth-order valence-corrected chi connectivity index (χ4v) is 4.71. The minimum absolute atomic E-state index is 0.161. The van der Waals surface area contributed by atoms with E-state index >= 15 is 0 Å². The molecule has 8 nitrogen and oxygen atoms in total. The molecule has 9 heteroatoms. The van der Waals surface area contributed by atoms with Crippen LogP contribution in [-0.2, 0) is 9.59 Å². The van der Waals surface area contributed by atoms with Gasteiger partial charge in [0.15, 0.2) is 11.4 Å². The van der Waals surface area contributed by atoms with Gasteiger partial charge in [-0.05, 0) is 62.8 Å². The van der Waals surface area contributed by atoms with E-state index < -0.39 is 5.91 Å². The Kier molecular flexibility index (Phi) is 6.70. The van der Waals surface area contributed by atoms with Crippen molar-refractivity contribution in [3.63, 3.8) is 0 Å². The number of benzene rings is 1. The number of nitrogens with two attached hydrogens (primary N) is 1. The zero-order chi connectivity index (χ0) is 21.8. The number of piperazine rings is 1. The van der Waals surface area contributed by atoms with Crippen LogP contribution in [0.15, 0.2) is 22.7 Å². The van der Waals surface area contributed by atoms with Crippen LogP contribution in [0.5, 0.6) is 0 Å². The van der Waals surface area contributed by atoms with Gasteiger partial charge in [-0.25, -0.2) is 4.39 Å². The molecule has 0 radical (unpaired) electrons. The zero-order valence-corrected chi connectivity index (χ0v) is 17.7. The smallest absolute Gasteiger partial charge is 0.229 e. The van der Waals surface area contributed by atoms with Crippen LogP contribution in [0.2, 0.25) is 0 Å². The van der Waals surface area contributed by atoms with Crippen molar-refractivity contribution in [1.82, 2.24) is 15.4 Å². The Morgan fingerprint density at radius 3 is 2.61 bits per heavy atom. The van der Waals surface area contributed by atoms with E-state index in [0.717, 1.165) is 76.0 Å². The predicted molar refractivity (Wildman–Crippen MR) is 115 cm³/mol. The van der Waals surface area contributed by atoms with Crippen LogP contribution in [-0.4, -0.2) is 60.6 Å². The minimum Gasteiger partial charge on any atom is -0.369 e. The maximum Gasteiger partial charge on any atom is 0.229 e. The lowest BCUT2D eigenvalue weighted by atomic mass is 9.84. The van der Waals surface area contributed by atoms with Crippen molar-refractivity contribution in [3.8, 4) is 0 Å². The third-order valence-electron chi connectivity index (χ3n) is 6.49. The Balaban J connectivity index is 1.18. The molecule has 3 N–H and O–H groups in total. The normalized spacial score (nSPS) is 22.5. The van der Waals surface area contributed by atoms with Gasteiger partial charge in [-0.3, -0.25) is 14.5 Å². The maximum atomic E-state index is 13.6. The van der Waals surface area contributed by atoms with Gasteiger partial charge in [0, 0.05) is 32.2 Å². The monoisotopic (exact) mass is 431 g/mol. The molecule has 168 valence electrons. The van der Waals surface area contributed by atoms with E-state index in [1.165, 1.54) is 12.1 Å². The van der Waals surface area contributed by atoms with Crippen LogP contribution in [0, 0.1) is 11.7 Å². The topological polar surface area (TPSA) is 105 Å². The zero-order valence-electron chi connectivity index (χ0n) is 17.7. The van der Waals surface area contributed by atoms with E-state index in [4.69, 9.17) is 10.3 Å². The molecule has 1 aromatic heterocycles. The number of carbonyl (C=O) groups is 2. The first kappa shape index (κ1) is 21.5. The fraction of sp³-hybridized carbons (Fsp3) is 0.591. The molecular formula is C22H30FN5O3. The van der Waals surface area contributed by atoms with Crippen molar-refractivity contribution in [2.24, 2.45) is 11.7 Å². The van der Waals surface area contributed by atoms with E-state index in [1.807, 2.05) is 0 Å². The molecule has 2 aliphatic rings. The number of anilines is 1. The molecule has 1 aliphatic heterocycles. The third-order valence-corrected chi connectivity index (χ3v) is 6.49. The van der Waals surface area contributed by atoms with Crippen molar-refractivity contribution >= 4 is 28.6 Å². The quantitative estimate of drug-likeness (QED) is 0.650. The molecule has 2 heterocycles. The number of nitrogens with one attached hydrogen (secondary N) is 1. The summed E-state index contributed by atoms with van der Waals surface area (Å²) in [5.74, 6) is 0.264. The summed E-state index contributed by atoms with van der Waals surface area (Å²) in [6.07, 6.45) is 5.03. The number of hydrogen-bond donors (Lipinski definition) is 2. The molecule has 1 aromatic carbocycles. The van der Waals surface area contributed by atoms with Gasteiger partial charge in [0.25, 0.3) is 0 Å². The molecule has 0 spiro atoms. The van der Waals surface area contributed by atoms with E-state index in [-0.39, 0.29) is 24.2 Å². The molecule has 1 saturated carbocycles. The highest BCUT2D eigenvalue weighted by Gasteiger charge is 2.25. The Morgan fingerprint density at radius 1 is 1.16 bits per heavy atom. The molecule has 0 atom stereocenters. The summed E-state index contributed by atoms with van der Waals surface area (Å²) in [6, 6.07) is 4.65. The van der Waals surface area contributed by atoms with Gasteiger partial charge in [-0.2, -0.15) is 0 Å². The van der Waals surface area contributed by atoms with Crippen LogP contribution in [0.4, 0.5) is 10.2 Å². The van der Waals surface area contributed by atoms with Crippen molar-refractivity contribution in [2.45, 2.75) is 44.6 Å². The lowest BCUT2D eigenvalue weighted by molar-refractivity contribution is -0.128. The second-order valence-corrected chi connectivity index (χ2v) is 8.69.